The molecule has 1 aromatic heterocycles. The number of rotatable bonds is 4. The summed E-state index contributed by atoms with van der Waals surface area (Å²) in [6.07, 6.45) is 0.927. The molecular weight excluding hydrogens is 259 g/mol. The summed E-state index contributed by atoms with van der Waals surface area (Å²) in [5, 5.41) is 6.19. The molecule has 5 heteroatoms. The molecule has 0 amide bonds. The van der Waals surface area contributed by atoms with Crippen LogP contribution in [0.15, 0.2) is 23.6 Å². The fourth-order valence-corrected chi connectivity index (χ4v) is 2.34. The maximum atomic E-state index is 13.6. The van der Waals surface area contributed by atoms with E-state index in [0.29, 0.717) is 12.2 Å². The number of nitrogens with one attached hydrogen (secondary N) is 1. The lowest BCUT2D eigenvalue weighted by atomic mass is 10.3. The molecule has 1 aromatic carbocycles. The van der Waals surface area contributed by atoms with Gasteiger partial charge in [0.15, 0.2) is 5.82 Å². The van der Waals surface area contributed by atoms with E-state index in [1.165, 1.54) is 6.07 Å². The summed E-state index contributed by atoms with van der Waals surface area (Å²) in [7, 11) is 0. The van der Waals surface area contributed by atoms with E-state index in [2.05, 4.69) is 17.2 Å². The summed E-state index contributed by atoms with van der Waals surface area (Å²) < 4.78 is 13.6. The Morgan fingerprint density at radius 1 is 1.47 bits per heavy atom. The van der Waals surface area contributed by atoms with E-state index in [4.69, 9.17) is 11.6 Å². The van der Waals surface area contributed by atoms with Crippen LogP contribution < -0.4 is 5.32 Å². The van der Waals surface area contributed by atoms with Gasteiger partial charge in [0.2, 0.25) is 0 Å². The van der Waals surface area contributed by atoms with E-state index < -0.39 is 5.82 Å². The molecule has 2 aromatic rings. The highest BCUT2D eigenvalue weighted by Crippen LogP contribution is 2.22. The fraction of sp³-hybridized carbons (Fsp3) is 0.250. The third-order valence-electron chi connectivity index (χ3n) is 2.31. The summed E-state index contributed by atoms with van der Waals surface area (Å²) in [6.45, 7) is 2.57. The third-order valence-corrected chi connectivity index (χ3v) is 3.65. The SMILES string of the molecule is CCc1nc(CNc2cccc(Cl)c2F)cs1. The molecule has 2 nitrogen and oxygen atoms in total. The van der Waals surface area contributed by atoms with Crippen molar-refractivity contribution in [3.63, 3.8) is 0 Å². The van der Waals surface area contributed by atoms with E-state index in [1.54, 1.807) is 23.5 Å². The van der Waals surface area contributed by atoms with Crippen LogP contribution in [0.25, 0.3) is 0 Å². The molecule has 17 heavy (non-hydrogen) atoms. The predicted molar refractivity (Wildman–Crippen MR) is 70.2 cm³/mol. The number of halogens is 2. The second-order valence-corrected chi connectivity index (χ2v) is 4.89. The first-order chi connectivity index (χ1) is 8.20. The maximum Gasteiger partial charge on any atom is 0.164 e. The zero-order valence-electron chi connectivity index (χ0n) is 9.34. The van der Waals surface area contributed by atoms with Crippen LogP contribution in [0.2, 0.25) is 5.02 Å². The van der Waals surface area contributed by atoms with Gasteiger partial charge in [-0.25, -0.2) is 9.37 Å². The molecule has 0 atom stereocenters. The number of hydrogen-bond acceptors (Lipinski definition) is 3. The fourth-order valence-electron chi connectivity index (χ4n) is 1.42. The van der Waals surface area contributed by atoms with Crippen molar-refractivity contribution in [2.75, 3.05) is 5.32 Å². The lowest BCUT2D eigenvalue weighted by Gasteiger charge is -2.06. The molecular formula is C12H12ClFN2S. The molecule has 0 aliphatic rings. The summed E-state index contributed by atoms with van der Waals surface area (Å²) in [5.41, 5.74) is 1.33. The van der Waals surface area contributed by atoms with Gasteiger partial charge >= 0.3 is 0 Å². The van der Waals surface area contributed by atoms with E-state index in [-0.39, 0.29) is 5.02 Å². The van der Waals surface area contributed by atoms with Gasteiger partial charge in [0.1, 0.15) is 0 Å². The highest BCUT2D eigenvalue weighted by Gasteiger charge is 2.06. The van der Waals surface area contributed by atoms with Crippen LogP contribution in [0.3, 0.4) is 0 Å². The molecule has 0 saturated carbocycles. The molecule has 0 saturated heterocycles. The van der Waals surface area contributed by atoms with Gasteiger partial charge in [-0.05, 0) is 18.6 Å². The Bertz CT molecular complexity index is 513. The molecule has 0 aliphatic heterocycles. The first kappa shape index (κ1) is 12.3. The largest absolute Gasteiger partial charge is 0.377 e. The Kier molecular flexibility index (Phi) is 3.97. The van der Waals surface area contributed by atoms with Gasteiger partial charge in [0.05, 0.1) is 28.0 Å². The summed E-state index contributed by atoms with van der Waals surface area (Å²) in [5.74, 6) is -0.417. The average molecular weight is 271 g/mol. The average Bonchev–Trinajstić information content (AvgIpc) is 2.79. The molecule has 2 rings (SSSR count). The minimum atomic E-state index is -0.417. The van der Waals surface area contributed by atoms with E-state index >= 15 is 0 Å². The first-order valence-corrected chi connectivity index (χ1v) is 6.57. The van der Waals surface area contributed by atoms with E-state index in [1.807, 2.05) is 5.38 Å². The molecule has 0 radical (unpaired) electrons. The Morgan fingerprint density at radius 3 is 3.00 bits per heavy atom. The van der Waals surface area contributed by atoms with Gasteiger partial charge in [-0.2, -0.15) is 0 Å². The van der Waals surface area contributed by atoms with Crippen molar-refractivity contribution in [1.29, 1.82) is 0 Å². The van der Waals surface area contributed by atoms with Crippen LogP contribution in [-0.2, 0) is 13.0 Å². The molecule has 1 heterocycles. The molecule has 0 fully saturated rings. The van der Waals surface area contributed by atoms with Crippen LogP contribution in [-0.4, -0.2) is 4.98 Å². The van der Waals surface area contributed by atoms with Crippen LogP contribution in [0.1, 0.15) is 17.6 Å². The monoisotopic (exact) mass is 270 g/mol. The summed E-state index contributed by atoms with van der Waals surface area (Å²) in [4.78, 5) is 4.40. The second kappa shape index (κ2) is 5.47. The van der Waals surface area contributed by atoms with Gasteiger partial charge in [0, 0.05) is 5.38 Å². The highest BCUT2D eigenvalue weighted by atomic mass is 35.5. The molecule has 0 bridgehead atoms. The normalized spacial score (nSPS) is 10.5. The van der Waals surface area contributed by atoms with Gasteiger partial charge in [-0.3, -0.25) is 0 Å². The van der Waals surface area contributed by atoms with Gasteiger partial charge in [0.25, 0.3) is 0 Å². The Morgan fingerprint density at radius 2 is 2.29 bits per heavy atom. The van der Waals surface area contributed by atoms with Crippen LogP contribution in [0, 0.1) is 5.82 Å². The Balaban J connectivity index is 2.04. The number of aromatic nitrogens is 1. The van der Waals surface area contributed by atoms with E-state index in [0.717, 1.165) is 17.1 Å². The van der Waals surface area contributed by atoms with Gasteiger partial charge in [-0.1, -0.05) is 24.6 Å². The lowest BCUT2D eigenvalue weighted by molar-refractivity contribution is 0.630. The van der Waals surface area contributed by atoms with Crippen molar-refractivity contribution in [3.8, 4) is 0 Å². The Labute approximate surface area is 108 Å². The van der Waals surface area contributed by atoms with Crippen LogP contribution in [0.4, 0.5) is 10.1 Å². The number of nitrogens with zero attached hydrogens (tertiary/aromatic N) is 1. The summed E-state index contributed by atoms with van der Waals surface area (Å²) in [6, 6.07) is 4.90. The first-order valence-electron chi connectivity index (χ1n) is 5.32. The van der Waals surface area contributed by atoms with Crippen molar-refractivity contribution in [1.82, 2.24) is 4.98 Å². The van der Waals surface area contributed by atoms with Gasteiger partial charge < -0.3 is 5.32 Å². The van der Waals surface area contributed by atoms with Crippen LogP contribution >= 0.6 is 22.9 Å². The second-order valence-electron chi connectivity index (χ2n) is 3.54. The topological polar surface area (TPSA) is 24.9 Å². The van der Waals surface area contributed by atoms with Crippen molar-refractivity contribution in [2.24, 2.45) is 0 Å². The molecule has 0 unspecified atom stereocenters. The zero-order valence-corrected chi connectivity index (χ0v) is 10.9. The zero-order chi connectivity index (χ0) is 12.3. The minimum absolute atomic E-state index is 0.127. The molecule has 1 N–H and O–H groups in total. The number of anilines is 1. The van der Waals surface area contributed by atoms with Crippen molar-refractivity contribution in [2.45, 2.75) is 19.9 Å². The van der Waals surface area contributed by atoms with Crippen LogP contribution in [0.5, 0.6) is 0 Å². The maximum absolute atomic E-state index is 13.6. The molecule has 0 aliphatic carbocycles. The van der Waals surface area contributed by atoms with Crippen molar-refractivity contribution < 1.29 is 4.39 Å². The number of aryl methyl sites for hydroxylation is 1. The smallest absolute Gasteiger partial charge is 0.164 e. The number of hydrogen-bond donors (Lipinski definition) is 1. The molecule has 0 spiro atoms. The van der Waals surface area contributed by atoms with Crippen molar-refractivity contribution in [3.05, 3.63) is 45.1 Å². The number of thiazole rings is 1. The number of benzene rings is 1. The van der Waals surface area contributed by atoms with Gasteiger partial charge in [-0.15, -0.1) is 11.3 Å². The quantitative estimate of drug-likeness (QED) is 0.904. The predicted octanol–water partition coefficient (Wildman–Crippen LogP) is 4.11. The third kappa shape index (κ3) is 2.96. The summed E-state index contributed by atoms with van der Waals surface area (Å²) >= 11 is 7.31. The van der Waals surface area contributed by atoms with E-state index in [9.17, 15) is 4.39 Å². The standard InChI is InChI=1S/C12H12ClFN2S/c1-2-11-16-8(7-17-11)6-15-10-5-3-4-9(13)12(10)14/h3-5,7,15H,2,6H2,1H3. The lowest BCUT2D eigenvalue weighted by Crippen LogP contribution is -2.02. The Hall–Kier alpha value is -1.13. The highest BCUT2D eigenvalue weighted by molar-refractivity contribution is 7.09. The minimum Gasteiger partial charge on any atom is -0.377 e. The van der Waals surface area contributed by atoms with Crippen molar-refractivity contribution >= 4 is 28.6 Å². The molecule has 90 valence electrons.